The number of benzene rings is 2. The first kappa shape index (κ1) is 22.0. The molecule has 0 saturated carbocycles. The Hall–Kier alpha value is -2.25. The molecule has 6 nitrogen and oxygen atoms in total. The molecular formula is C20H25ClN2O4S. The Labute approximate surface area is 171 Å². The molecule has 0 saturated heterocycles. The number of rotatable bonds is 8. The van der Waals surface area contributed by atoms with Gasteiger partial charge in [-0.1, -0.05) is 48.4 Å². The fourth-order valence-corrected chi connectivity index (χ4v) is 3.85. The van der Waals surface area contributed by atoms with E-state index in [4.69, 9.17) is 16.3 Å². The monoisotopic (exact) mass is 424 g/mol. The number of halogens is 1. The molecule has 8 heteroatoms. The van der Waals surface area contributed by atoms with Crippen LogP contribution in [0, 0.1) is 6.92 Å². The minimum absolute atomic E-state index is 0.212. The van der Waals surface area contributed by atoms with Crippen molar-refractivity contribution in [2.75, 3.05) is 24.2 Å². The smallest absolute Gasteiger partial charge is 0.241 e. The Morgan fingerprint density at radius 1 is 1.21 bits per heavy atom. The Kier molecular flexibility index (Phi) is 7.32. The molecule has 0 spiro atoms. The second-order valence-electron chi connectivity index (χ2n) is 6.52. The molecule has 1 N–H and O–H groups in total. The fourth-order valence-electron chi connectivity index (χ4n) is 2.83. The van der Waals surface area contributed by atoms with Crippen molar-refractivity contribution >= 4 is 33.2 Å². The molecule has 0 aliphatic carbocycles. The van der Waals surface area contributed by atoms with Crippen molar-refractivity contribution in [1.82, 2.24) is 5.32 Å². The lowest BCUT2D eigenvalue weighted by Crippen LogP contribution is -2.41. The number of nitrogens with zero attached hydrogens (tertiary/aromatic N) is 1. The van der Waals surface area contributed by atoms with E-state index in [9.17, 15) is 13.2 Å². The first-order chi connectivity index (χ1) is 13.2. The van der Waals surface area contributed by atoms with E-state index in [2.05, 4.69) is 5.32 Å². The zero-order valence-electron chi connectivity index (χ0n) is 16.4. The van der Waals surface area contributed by atoms with E-state index in [1.807, 2.05) is 38.1 Å². The van der Waals surface area contributed by atoms with Gasteiger partial charge in [0.25, 0.3) is 0 Å². The average Bonchev–Trinajstić information content (AvgIpc) is 2.64. The van der Waals surface area contributed by atoms with Crippen molar-refractivity contribution in [3.8, 4) is 5.75 Å². The van der Waals surface area contributed by atoms with Gasteiger partial charge in [0, 0.05) is 5.02 Å². The quantitative estimate of drug-likeness (QED) is 0.701. The molecule has 2 aromatic carbocycles. The zero-order chi connectivity index (χ0) is 20.9. The van der Waals surface area contributed by atoms with E-state index in [0.29, 0.717) is 17.2 Å². The molecule has 0 radical (unpaired) electrons. The van der Waals surface area contributed by atoms with Crippen molar-refractivity contribution < 1.29 is 17.9 Å². The highest BCUT2D eigenvalue weighted by Gasteiger charge is 2.25. The summed E-state index contributed by atoms with van der Waals surface area (Å²) < 4.78 is 31.0. The number of methoxy groups -OCH3 is 1. The predicted octanol–water partition coefficient (Wildman–Crippen LogP) is 3.69. The lowest BCUT2D eigenvalue weighted by molar-refractivity contribution is -0.120. The maximum absolute atomic E-state index is 12.7. The van der Waals surface area contributed by atoms with Crippen LogP contribution < -0.4 is 14.4 Å². The second-order valence-corrected chi connectivity index (χ2v) is 8.87. The number of carbonyl (C=O) groups excluding carboxylic acids is 1. The molecule has 0 heterocycles. The predicted molar refractivity (Wildman–Crippen MR) is 113 cm³/mol. The summed E-state index contributed by atoms with van der Waals surface area (Å²) in [5, 5.41) is 3.25. The molecule has 152 valence electrons. The average molecular weight is 425 g/mol. The van der Waals surface area contributed by atoms with E-state index < -0.39 is 15.9 Å². The SMILES string of the molecule is CCC(NC(=O)CN(c1cc(Cl)ccc1OC)S(C)(=O)=O)c1ccc(C)cc1. The van der Waals surface area contributed by atoms with Crippen LogP contribution in [0.25, 0.3) is 0 Å². The van der Waals surface area contributed by atoms with E-state index in [1.54, 1.807) is 12.1 Å². The Morgan fingerprint density at radius 3 is 2.39 bits per heavy atom. The van der Waals surface area contributed by atoms with Crippen LogP contribution in [0.4, 0.5) is 5.69 Å². The van der Waals surface area contributed by atoms with Crippen LogP contribution in [0.5, 0.6) is 5.75 Å². The van der Waals surface area contributed by atoms with Gasteiger partial charge in [-0.05, 0) is 37.1 Å². The van der Waals surface area contributed by atoms with Crippen molar-refractivity contribution in [2.24, 2.45) is 0 Å². The van der Waals surface area contributed by atoms with E-state index in [-0.39, 0.29) is 18.3 Å². The lowest BCUT2D eigenvalue weighted by Gasteiger charge is -2.25. The van der Waals surface area contributed by atoms with E-state index in [1.165, 1.54) is 13.2 Å². The van der Waals surface area contributed by atoms with Gasteiger partial charge >= 0.3 is 0 Å². The summed E-state index contributed by atoms with van der Waals surface area (Å²) in [6, 6.07) is 12.3. The highest BCUT2D eigenvalue weighted by atomic mass is 35.5. The summed E-state index contributed by atoms with van der Waals surface area (Å²) in [6.07, 6.45) is 1.71. The third-order valence-corrected chi connectivity index (χ3v) is 5.68. The van der Waals surface area contributed by atoms with Crippen LogP contribution in [0.3, 0.4) is 0 Å². The van der Waals surface area contributed by atoms with Gasteiger partial charge in [-0.15, -0.1) is 0 Å². The van der Waals surface area contributed by atoms with Gasteiger partial charge < -0.3 is 10.1 Å². The first-order valence-electron chi connectivity index (χ1n) is 8.83. The summed E-state index contributed by atoms with van der Waals surface area (Å²) >= 11 is 6.03. The van der Waals surface area contributed by atoms with Gasteiger partial charge in [0.05, 0.1) is 25.1 Å². The van der Waals surface area contributed by atoms with Gasteiger partial charge in [0.2, 0.25) is 15.9 Å². The highest BCUT2D eigenvalue weighted by Crippen LogP contribution is 2.32. The van der Waals surface area contributed by atoms with Crippen LogP contribution in [-0.2, 0) is 14.8 Å². The number of ether oxygens (including phenoxy) is 1. The summed E-state index contributed by atoms with van der Waals surface area (Å²) in [5.74, 6) is -0.104. The molecule has 1 amide bonds. The Bertz CT molecular complexity index is 930. The molecule has 2 rings (SSSR count). The first-order valence-corrected chi connectivity index (χ1v) is 11.1. The van der Waals surface area contributed by atoms with Gasteiger partial charge in [0.15, 0.2) is 0 Å². The second kappa shape index (κ2) is 9.30. The third kappa shape index (κ3) is 5.62. The number of sulfonamides is 1. The van der Waals surface area contributed by atoms with Crippen molar-refractivity contribution in [3.05, 3.63) is 58.6 Å². The van der Waals surface area contributed by atoms with Crippen molar-refractivity contribution in [1.29, 1.82) is 0 Å². The Balaban J connectivity index is 2.26. The van der Waals surface area contributed by atoms with E-state index in [0.717, 1.165) is 21.7 Å². The molecule has 0 aliphatic heterocycles. The maximum Gasteiger partial charge on any atom is 0.241 e. The van der Waals surface area contributed by atoms with Crippen LogP contribution in [0.2, 0.25) is 5.02 Å². The molecule has 0 fully saturated rings. The minimum atomic E-state index is -3.74. The Morgan fingerprint density at radius 2 is 1.86 bits per heavy atom. The van der Waals surface area contributed by atoms with Gasteiger partial charge in [0.1, 0.15) is 12.3 Å². The maximum atomic E-state index is 12.7. The normalized spacial score (nSPS) is 12.3. The molecule has 0 aliphatic rings. The molecule has 1 atom stereocenters. The van der Waals surface area contributed by atoms with Gasteiger partial charge in [-0.25, -0.2) is 8.42 Å². The number of nitrogens with one attached hydrogen (secondary N) is 1. The summed E-state index contributed by atoms with van der Waals surface area (Å²) in [6.45, 7) is 3.57. The molecule has 0 aromatic heterocycles. The number of carbonyl (C=O) groups is 1. The largest absolute Gasteiger partial charge is 0.495 e. The number of hydrogen-bond acceptors (Lipinski definition) is 4. The molecule has 0 bridgehead atoms. The summed E-state index contributed by atoms with van der Waals surface area (Å²) in [5.41, 5.74) is 2.31. The fraction of sp³-hybridized carbons (Fsp3) is 0.350. The standard InChI is InChI=1S/C20H25ClN2O4S/c1-5-17(15-8-6-14(2)7-9-15)22-20(24)13-23(28(4,25)26)18-12-16(21)10-11-19(18)27-3/h6-12,17H,5,13H2,1-4H3,(H,22,24). The zero-order valence-corrected chi connectivity index (χ0v) is 18.0. The summed E-state index contributed by atoms with van der Waals surface area (Å²) in [4.78, 5) is 12.7. The molecule has 28 heavy (non-hydrogen) atoms. The number of hydrogen-bond donors (Lipinski definition) is 1. The highest BCUT2D eigenvalue weighted by molar-refractivity contribution is 7.92. The van der Waals surface area contributed by atoms with E-state index >= 15 is 0 Å². The van der Waals surface area contributed by atoms with Crippen molar-refractivity contribution in [2.45, 2.75) is 26.3 Å². The number of aryl methyl sites for hydroxylation is 1. The minimum Gasteiger partial charge on any atom is -0.495 e. The van der Waals surface area contributed by atoms with Crippen LogP contribution in [0.15, 0.2) is 42.5 Å². The van der Waals surface area contributed by atoms with Gasteiger partial charge in [-0.3, -0.25) is 9.10 Å². The summed E-state index contributed by atoms with van der Waals surface area (Å²) in [7, 11) is -2.31. The molecule has 1 unspecified atom stereocenters. The van der Waals surface area contributed by atoms with Crippen LogP contribution >= 0.6 is 11.6 Å². The topological polar surface area (TPSA) is 75.7 Å². The molecular weight excluding hydrogens is 400 g/mol. The van der Waals surface area contributed by atoms with Gasteiger partial charge in [-0.2, -0.15) is 0 Å². The van der Waals surface area contributed by atoms with Crippen LogP contribution in [-0.4, -0.2) is 34.2 Å². The van der Waals surface area contributed by atoms with Crippen LogP contribution in [0.1, 0.15) is 30.5 Å². The van der Waals surface area contributed by atoms with Crippen molar-refractivity contribution in [3.63, 3.8) is 0 Å². The number of anilines is 1. The third-order valence-electron chi connectivity index (χ3n) is 4.32. The molecule has 2 aromatic rings. The lowest BCUT2D eigenvalue weighted by atomic mass is 10.0. The number of amides is 1.